The zero-order valence-electron chi connectivity index (χ0n) is 12.1. The lowest BCUT2D eigenvalue weighted by Gasteiger charge is -2.09. The molecule has 0 fully saturated rings. The molecular formula is C13H18Br2N4O3. The Morgan fingerprint density at radius 2 is 1.59 bits per heavy atom. The molecule has 0 aliphatic carbocycles. The van der Waals surface area contributed by atoms with Gasteiger partial charge in [-0.2, -0.15) is 0 Å². The van der Waals surface area contributed by atoms with Crippen molar-refractivity contribution in [2.24, 2.45) is 5.11 Å². The lowest BCUT2D eigenvalue weighted by Crippen LogP contribution is -2.12. The summed E-state index contributed by atoms with van der Waals surface area (Å²) >= 11 is 6.78. The number of ether oxygens (including phenoxy) is 3. The van der Waals surface area contributed by atoms with E-state index in [1.54, 1.807) is 0 Å². The van der Waals surface area contributed by atoms with Crippen molar-refractivity contribution in [2.75, 3.05) is 39.6 Å². The van der Waals surface area contributed by atoms with Crippen LogP contribution in [0.2, 0.25) is 0 Å². The van der Waals surface area contributed by atoms with E-state index in [2.05, 4.69) is 46.9 Å². The summed E-state index contributed by atoms with van der Waals surface area (Å²) in [6.45, 7) is 2.65. The zero-order valence-corrected chi connectivity index (χ0v) is 15.3. The van der Waals surface area contributed by atoms with Gasteiger partial charge < -0.3 is 14.2 Å². The molecule has 22 heavy (non-hydrogen) atoms. The van der Waals surface area contributed by atoms with Gasteiger partial charge in [0.05, 0.1) is 37.8 Å². The van der Waals surface area contributed by atoms with Crippen LogP contribution < -0.4 is 4.74 Å². The number of pyridine rings is 1. The highest BCUT2D eigenvalue weighted by molar-refractivity contribution is 9.08. The fraction of sp³-hybridized carbons (Fsp3) is 0.615. The van der Waals surface area contributed by atoms with E-state index in [9.17, 15) is 0 Å². The molecule has 0 aromatic carbocycles. The summed E-state index contributed by atoms with van der Waals surface area (Å²) in [6.07, 6.45) is 0. The average Bonchev–Trinajstić information content (AvgIpc) is 2.56. The van der Waals surface area contributed by atoms with Crippen molar-refractivity contribution in [2.45, 2.75) is 10.7 Å². The minimum absolute atomic E-state index is 0.341. The third-order valence-electron chi connectivity index (χ3n) is 2.45. The van der Waals surface area contributed by atoms with Gasteiger partial charge in [0.25, 0.3) is 0 Å². The van der Waals surface area contributed by atoms with E-state index in [0.717, 1.165) is 17.1 Å². The number of rotatable bonds is 12. The highest BCUT2D eigenvalue weighted by Crippen LogP contribution is 2.17. The van der Waals surface area contributed by atoms with Crippen molar-refractivity contribution in [1.82, 2.24) is 4.98 Å². The van der Waals surface area contributed by atoms with Crippen LogP contribution in [0.5, 0.6) is 5.75 Å². The molecule has 0 N–H and O–H groups in total. The van der Waals surface area contributed by atoms with Gasteiger partial charge >= 0.3 is 0 Å². The van der Waals surface area contributed by atoms with Crippen LogP contribution in [0.15, 0.2) is 17.2 Å². The van der Waals surface area contributed by atoms with Gasteiger partial charge in [-0.1, -0.05) is 37.0 Å². The van der Waals surface area contributed by atoms with Crippen molar-refractivity contribution in [3.63, 3.8) is 0 Å². The van der Waals surface area contributed by atoms with Crippen LogP contribution in [-0.4, -0.2) is 44.6 Å². The van der Waals surface area contributed by atoms with Crippen LogP contribution in [0.3, 0.4) is 0 Å². The molecule has 0 saturated heterocycles. The Morgan fingerprint density at radius 1 is 1.00 bits per heavy atom. The molecule has 0 amide bonds. The summed E-state index contributed by atoms with van der Waals surface area (Å²) in [7, 11) is 0. The van der Waals surface area contributed by atoms with E-state index in [1.165, 1.54) is 0 Å². The summed E-state index contributed by atoms with van der Waals surface area (Å²) in [6, 6.07) is 3.81. The molecule has 122 valence electrons. The Hall–Kier alpha value is -0.860. The van der Waals surface area contributed by atoms with E-state index in [0.29, 0.717) is 50.2 Å². The number of nitrogens with zero attached hydrogens (tertiary/aromatic N) is 4. The Balaban J connectivity index is 2.13. The predicted octanol–water partition coefficient (Wildman–Crippen LogP) is 3.59. The standard InChI is InChI=1S/C13H18Br2N4O3/c14-9-11-7-13(8-12(10-15)18-11)22-6-5-21-4-3-20-2-1-17-19-16/h7-8H,1-6,9-10H2. The molecule has 0 unspecified atom stereocenters. The van der Waals surface area contributed by atoms with Crippen LogP contribution in [0.25, 0.3) is 10.4 Å². The van der Waals surface area contributed by atoms with Crippen molar-refractivity contribution in [3.05, 3.63) is 34.0 Å². The van der Waals surface area contributed by atoms with Gasteiger partial charge in [0.15, 0.2) is 0 Å². The van der Waals surface area contributed by atoms with E-state index < -0.39 is 0 Å². The normalized spacial score (nSPS) is 10.3. The Morgan fingerprint density at radius 3 is 2.18 bits per heavy atom. The van der Waals surface area contributed by atoms with Crippen LogP contribution in [0.4, 0.5) is 0 Å². The van der Waals surface area contributed by atoms with Crippen LogP contribution in [-0.2, 0) is 20.1 Å². The number of hydrogen-bond acceptors (Lipinski definition) is 5. The Bertz CT molecular complexity index is 462. The molecule has 1 aromatic rings. The second kappa shape index (κ2) is 12.7. The first-order valence-electron chi connectivity index (χ1n) is 6.71. The third-order valence-corrected chi connectivity index (χ3v) is 3.60. The molecule has 1 rings (SSSR count). The van der Waals surface area contributed by atoms with Crippen LogP contribution in [0.1, 0.15) is 11.4 Å². The van der Waals surface area contributed by atoms with E-state index >= 15 is 0 Å². The quantitative estimate of drug-likeness (QED) is 0.164. The molecule has 1 aromatic heterocycles. The smallest absolute Gasteiger partial charge is 0.123 e. The number of azide groups is 1. The van der Waals surface area contributed by atoms with Crippen molar-refractivity contribution >= 4 is 31.9 Å². The fourth-order valence-corrected chi connectivity index (χ4v) is 2.10. The first kappa shape index (κ1) is 19.2. The van der Waals surface area contributed by atoms with E-state index in [-0.39, 0.29) is 0 Å². The molecule has 0 radical (unpaired) electrons. The topological polar surface area (TPSA) is 89.3 Å². The molecule has 0 aliphatic heterocycles. The predicted molar refractivity (Wildman–Crippen MR) is 90.6 cm³/mol. The van der Waals surface area contributed by atoms with E-state index in [1.807, 2.05) is 12.1 Å². The summed E-state index contributed by atoms with van der Waals surface area (Å²) in [5.41, 5.74) is 9.94. The summed E-state index contributed by atoms with van der Waals surface area (Å²) in [5.74, 6) is 0.785. The van der Waals surface area contributed by atoms with E-state index in [4.69, 9.17) is 19.7 Å². The minimum atomic E-state index is 0.341. The molecule has 0 saturated carbocycles. The van der Waals surface area contributed by atoms with Gasteiger partial charge in [0, 0.05) is 34.2 Å². The van der Waals surface area contributed by atoms with Crippen molar-refractivity contribution in [1.29, 1.82) is 0 Å². The fourth-order valence-electron chi connectivity index (χ4n) is 1.53. The SMILES string of the molecule is [N-]=[N+]=NCCOCCOCCOc1cc(CBr)nc(CBr)c1. The first-order valence-corrected chi connectivity index (χ1v) is 8.95. The van der Waals surface area contributed by atoms with Crippen LogP contribution in [0, 0.1) is 0 Å². The third kappa shape index (κ3) is 8.55. The maximum absolute atomic E-state index is 8.08. The highest BCUT2D eigenvalue weighted by Gasteiger charge is 2.02. The minimum Gasteiger partial charge on any atom is -0.491 e. The molecule has 0 aliphatic rings. The number of alkyl halides is 2. The summed E-state index contributed by atoms with van der Waals surface area (Å²) < 4.78 is 16.2. The van der Waals surface area contributed by atoms with Crippen molar-refractivity contribution in [3.8, 4) is 5.75 Å². The lowest BCUT2D eigenvalue weighted by molar-refractivity contribution is 0.0388. The molecule has 0 bridgehead atoms. The molecular weight excluding hydrogens is 420 g/mol. The van der Waals surface area contributed by atoms with Gasteiger partial charge in [-0.3, -0.25) is 4.98 Å². The zero-order chi connectivity index (χ0) is 16.0. The first-order chi connectivity index (χ1) is 10.8. The Kier molecular flexibility index (Phi) is 11.0. The van der Waals surface area contributed by atoms with Gasteiger partial charge in [-0.15, -0.1) is 0 Å². The average molecular weight is 438 g/mol. The second-order valence-corrected chi connectivity index (χ2v) is 5.20. The molecule has 9 heteroatoms. The second-order valence-electron chi connectivity index (χ2n) is 4.08. The number of hydrogen-bond donors (Lipinski definition) is 0. The molecule has 0 atom stereocenters. The summed E-state index contributed by atoms with van der Waals surface area (Å²) in [4.78, 5) is 7.05. The lowest BCUT2D eigenvalue weighted by atomic mass is 10.3. The molecule has 7 nitrogen and oxygen atoms in total. The van der Waals surface area contributed by atoms with Gasteiger partial charge in [0.2, 0.25) is 0 Å². The van der Waals surface area contributed by atoms with Gasteiger partial charge in [-0.25, -0.2) is 0 Å². The van der Waals surface area contributed by atoms with Crippen LogP contribution >= 0.6 is 31.9 Å². The largest absolute Gasteiger partial charge is 0.491 e. The number of halogens is 2. The molecule has 0 spiro atoms. The van der Waals surface area contributed by atoms with Gasteiger partial charge in [-0.05, 0) is 5.53 Å². The highest BCUT2D eigenvalue weighted by atomic mass is 79.9. The maximum atomic E-state index is 8.08. The Labute approximate surface area is 146 Å². The van der Waals surface area contributed by atoms with Gasteiger partial charge in [0.1, 0.15) is 12.4 Å². The maximum Gasteiger partial charge on any atom is 0.123 e. The monoisotopic (exact) mass is 436 g/mol. The van der Waals surface area contributed by atoms with Crippen molar-refractivity contribution < 1.29 is 14.2 Å². The number of aromatic nitrogens is 1. The summed E-state index contributed by atoms with van der Waals surface area (Å²) in [5, 5.41) is 4.74. The molecule has 1 heterocycles.